The number of nitrogens with one attached hydrogen (secondary N) is 1. The van der Waals surface area contributed by atoms with E-state index < -0.39 is 6.09 Å². The van der Waals surface area contributed by atoms with Crippen LogP contribution in [-0.2, 0) is 0 Å². The summed E-state index contributed by atoms with van der Waals surface area (Å²) in [6.07, 6.45) is 2.88. The number of amides is 1. The highest BCUT2D eigenvalue weighted by molar-refractivity contribution is 7.09. The van der Waals surface area contributed by atoms with E-state index in [0.29, 0.717) is 5.92 Å². The zero-order chi connectivity index (χ0) is 10.7. The van der Waals surface area contributed by atoms with Crippen LogP contribution in [-0.4, -0.2) is 27.4 Å². The van der Waals surface area contributed by atoms with Crippen LogP contribution in [0.15, 0.2) is 5.51 Å². The molecule has 2 rings (SSSR count). The van der Waals surface area contributed by atoms with Gasteiger partial charge in [-0.25, -0.2) is 4.79 Å². The third-order valence-corrected chi connectivity index (χ3v) is 3.64. The Balaban J connectivity index is 1.84. The fraction of sp³-hybridized carbons (Fsp3) is 0.667. The quantitative estimate of drug-likeness (QED) is 0.808. The van der Waals surface area contributed by atoms with E-state index in [0.717, 1.165) is 30.7 Å². The van der Waals surface area contributed by atoms with Crippen molar-refractivity contribution in [1.29, 1.82) is 0 Å². The van der Waals surface area contributed by atoms with Crippen LogP contribution in [0, 0.1) is 0 Å². The molecular weight excluding hydrogens is 214 g/mol. The van der Waals surface area contributed by atoms with Gasteiger partial charge in [0.1, 0.15) is 10.5 Å². The lowest BCUT2D eigenvalue weighted by atomic mass is 9.86. The molecule has 0 saturated heterocycles. The van der Waals surface area contributed by atoms with Gasteiger partial charge in [-0.05, 0) is 25.7 Å². The van der Waals surface area contributed by atoms with Crippen LogP contribution in [0.5, 0.6) is 0 Å². The largest absolute Gasteiger partial charge is 0.465 e. The molecule has 2 N–H and O–H groups in total. The maximum Gasteiger partial charge on any atom is 0.404 e. The second-order valence-corrected chi connectivity index (χ2v) is 4.64. The number of carboxylic acid groups (broad SMARTS) is 1. The first-order chi connectivity index (χ1) is 7.25. The molecule has 1 heterocycles. The predicted molar refractivity (Wildman–Crippen MR) is 56.1 cm³/mol. The Morgan fingerprint density at radius 3 is 2.73 bits per heavy atom. The molecule has 0 aromatic carbocycles. The summed E-state index contributed by atoms with van der Waals surface area (Å²) in [4.78, 5) is 10.4. The first-order valence-electron chi connectivity index (χ1n) is 5.01. The number of nitrogens with zero attached hydrogens (tertiary/aromatic N) is 2. The van der Waals surface area contributed by atoms with Crippen LogP contribution in [0.25, 0.3) is 0 Å². The smallest absolute Gasteiger partial charge is 0.404 e. The summed E-state index contributed by atoms with van der Waals surface area (Å²) in [5.41, 5.74) is 1.75. The molecule has 0 spiro atoms. The van der Waals surface area contributed by atoms with Crippen molar-refractivity contribution in [3.8, 4) is 0 Å². The molecule has 15 heavy (non-hydrogen) atoms. The predicted octanol–water partition coefficient (Wildman–Crippen LogP) is 1.83. The Hall–Kier alpha value is -1.17. The van der Waals surface area contributed by atoms with Crippen LogP contribution in [0.2, 0.25) is 0 Å². The molecule has 1 aromatic heterocycles. The van der Waals surface area contributed by atoms with Crippen molar-refractivity contribution in [2.75, 3.05) is 0 Å². The summed E-state index contributed by atoms with van der Waals surface area (Å²) in [5.74, 6) is 0.476. The van der Waals surface area contributed by atoms with E-state index in [9.17, 15) is 4.79 Å². The minimum Gasteiger partial charge on any atom is -0.465 e. The number of hydrogen-bond donors (Lipinski definition) is 2. The highest BCUT2D eigenvalue weighted by Gasteiger charge is 2.24. The SMILES string of the molecule is O=C(O)N[C@H]1CC[C@H](c2nncs2)CC1. The van der Waals surface area contributed by atoms with Crippen molar-refractivity contribution in [2.24, 2.45) is 0 Å². The standard InChI is InChI=1S/C9H13N3O2S/c13-9(14)11-7-3-1-6(2-4-7)8-12-10-5-15-8/h5-7,11H,1-4H2,(H,13,14)/t6-,7-. The Morgan fingerprint density at radius 1 is 1.47 bits per heavy atom. The summed E-state index contributed by atoms with van der Waals surface area (Å²) in [5, 5.41) is 20.1. The van der Waals surface area contributed by atoms with Crippen LogP contribution in [0.1, 0.15) is 36.6 Å². The molecule has 1 amide bonds. The topological polar surface area (TPSA) is 75.1 Å². The molecule has 0 aliphatic heterocycles. The van der Waals surface area contributed by atoms with Crippen molar-refractivity contribution in [1.82, 2.24) is 15.5 Å². The lowest BCUT2D eigenvalue weighted by Crippen LogP contribution is -2.36. The van der Waals surface area contributed by atoms with Gasteiger partial charge in [-0.15, -0.1) is 21.5 Å². The Labute approximate surface area is 91.5 Å². The van der Waals surface area contributed by atoms with E-state index in [4.69, 9.17) is 5.11 Å². The van der Waals surface area contributed by atoms with Crippen molar-refractivity contribution < 1.29 is 9.90 Å². The van der Waals surface area contributed by atoms with Gasteiger partial charge in [-0.1, -0.05) is 0 Å². The molecule has 82 valence electrons. The molecule has 1 saturated carbocycles. The monoisotopic (exact) mass is 227 g/mol. The molecule has 1 aromatic rings. The first-order valence-corrected chi connectivity index (χ1v) is 5.89. The minimum atomic E-state index is -0.922. The van der Waals surface area contributed by atoms with Gasteiger partial charge in [0.2, 0.25) is 0 Å². The third kappa shape index (κ3) is 2.65. The van der Waals surface area contributed by atoms with Crippen LogP contribution in [0.4, 0.5) is 4.79 Å². The normalized spacial score (nSPS) is 26.1. The number of aromatic nitrogens is 2. The fourth-order valence-corrected chi connectivity index (χ4v) is 2.74. The third-order valence-electron chi connectivity index (χ3n) is 2.78. The molecule has 0 unspecified atom stereocenters. The second kappa shape index (κ2) is 4.57. The Bertz CT molecular complexity index is 320. The molecule has 6 heteroatoms. The second-order valence-electron chi connectivity index (χ2n) is 3.78. The fourth-order valence-electron chi connectivity index (χ4n) is 2.02. The van der Waals surface area contributed by atoms with Crippen molar-refractivity contribution in [3.05, 3.63) is 10.5 Å². The van der Waals surface area contributed by atoms with E-state index in [1.807, 2.05) is 0 Å². The molecule has 1 aliphatic carbocycles. The summed E-state index contributed by atoms with van der Waals surface area (Å²) in [7, 11) is 0. The minimum absolute atomic E-state index is 0.117. The molecule has 0 radical (unpaired) electrons. The highest BCUT2D eigenvalue weighted by atomic mass is 32.1. The summed E-state index contributed by atoms with van der Waals surface area (Å²) in [6, 6.07) is 0.117. The van der Waals surface area contributed by atoms with Gasteiger partial charge in [0, 0.05) is 12.0 Å². The molecular formula is C9H13N3O2S. The highest BCUT2D eigenvalue weighted by Crippen LogP contribution is 2.33. The zero-order valence-electron chi connectivity index (χ0n) is 8.22. The molecule has 0 bridgehead atoms. The molecule has 5 nitrogen and oxygen atoms in total. The van der Waals surface area contributed by atoms with Gasteiger partial charge in [-0.2, -0.15) is 0 Å². The lowest BCUT2D eigenvalue weighted by molar-refractivity contribution is 0.185. The van der Waals surface area contributed by atoms with E-state index in [1.54, 1.807) is 16.8 Å². The van der Waals surface area contributed by atoms with Crippen molar-refractivity contribution >= 4 is 17.4 Å². The molecule has 1 aliphatic rings. The Morgan fingerprint density at radius 2 is 2.20 bits per heavy atom. The van der Waals surface area contributed by atoms with Gasteiger partial charge in [0.05, 0.1) is 0 Å². The van der Waals surface area contributed by atoms with Gasteiger partial charge in [-0.3, -0.25) is 0 Å². The molecule has 1 fully saturated rings. The van der Waals surface area contributed by atoms with Gasteiger partial charge >= 0.3 is 6.09 Å². The maximum absolute atomic E-state index is 10.4. The van der Waals surface area contributed by atoms with E-state index >= 15 is 0 Å². The Kier molecular flexibility index (Phi) is 3.15. The van der Waals surface area contributed by atoms with Crippen molar-refractivity contribution in [3.63, 3.8) is 0 Å². The van der Waals surface area contributed by atoms with E-state index in [2.05, 4.69) is 15.5 Å². The van der Waals surface area contributed by atoms with Crippen LogP contribution < -0.4 is 5.32 Å². The average molecular weight is 227 g/mol. The average Bonchev–Trinajstić information content (AvgIpc) is 2.71. The van der Waals surface area contributed by atoms with E-state index in [1.165, 1.54) is 0 Å². The van der Waals surface area contributed by atoms with E-state index in [-0.39, 0.29) is 6.04 Å². The molecule has 0 atom stereocenters. The van der Waals surface area contributed by atoms with Gasteiger partial charge in [0.15, 0.2) is 0 Å². The zero-order valence-corrected chi connectivity index (χ0v) is 9.04. The lowest BCUT2D eigenvalue weighted by Gasteiger charge is -2.26. The van der Waals surface area contributed by atoms with Gasteiger partial charge < -0.3 is 10.4 Å². The van der Waals surface area contributed by atoms with Crippen LogP contribution >= 0.6 is 11.3 Å². The summed E-state index contributed by atoms with van der Waals surface area (Å²) >= 11 is 1.59. The first kappa shape index (κ1) is 10.4. The van der Waals surface area contributed by atoms with Crippen LogP contribution in [0.3, 0.4) is 0 Å². The number of rotatable bonds is 2. The number of carbonyl (C=O) groups is 1. The summed E-state index contributed by atoms with van der Waals surface area (Å²) in [6.45, 7) is 0. The van der Waals surface area contributed by atoms with Crippen molar-refractivity contribution in [2.45, 2.75) is 37.6 Å². The maximum atomic E-state index is 10.4. The van der Waals surface area contributed by atoms with Gasteiger partial charge in [0.25, 0.3) is 0 Å². The summed E-state index contributed by atoms with van der Waals surface area (Å²) < 4.78 is 0. The number of hydrogen-bond acceptors (Lipinski definition) is 4.